The minimum Gasteiger partial charge on any atom is -0.494 e. The standard InChI is InChI=1S/C14H17NO4S/c1-20(16,17)15-12-7-8-19-13(14(12)15)10-18-9-11-5-3-2-4-6-11/h2-8,12-14H,9-10H2,1H3/t12-,13+,14-,15?/m0/s1. The second-order valence-electron chi connectivity index (χ2n) is 5.08. The van der Waals surface area contributed by atoms with Crippen molar-refractivity contribution in [3.8, 4) is 0 Å². The molecule has 6 heteroatoms. The maximum Gasteiger partial charge on any atom is 0.212 e. The molecule has 1 fully saturated rings. The average molecular weight is 295 g/mol. The van der Waals surface area contributed by atoms with Crippen LogP contribution in [0.15, 0.2) is 42.7 Å². The first-order chi connectivity index (χ1) is 9.57. The van der Waals surface area contributed by atoms with Crippen molar-refractivity contribution in [3.05, 3.63) is 48.2 Å². The third-order valence-corrected chi connectivity index (χ3v) is 4.79. The van der Waals surface area contributed by atoms with E-state index in [0.29, 0.717) is 13.2 Å². The van der Waals surface area contributed by atoms with E-state index in [1.807, 2.05) is 30.3 Å². The fourth-order valence-electron chi connectivity index (χ4n) is 2.58. The van der Waals surface area contributed by atoms with Gasteiger partial charge in [0.05, 0.1) is 37.8 Å². The zero-order chi connectivity index (χ0) is 14.2. The Bertz CT molecular complexity index is 599. The molecule has 2 aliphatic heterocycles. The molecule has 1 saturated heterocycles. The molecule has 4 atom stereocenters. The lowest BCUT2D eigenvalue weighted by Gasteiger charge is -2.18. The largest absolute Gasteiger partial charge is 0.494 e. The van der Waals surface area contributed by atoms with Crippen molar-refractivity contribution in [2.24, 2.45) is 0 Å². The second kappa shape index (κ2) is 5.20. The topological polar surface area (TPSA) is 55.6 Å². The number of rotatable bonds is 5. The summed E-state index contributed by atoms with van der Waals surface area (Å²) in [5, 5.41) is 0. The summed E-state index contributed by atoms with van der Waals surface area (Å²) in [6, 6.07) is 9.67. The number of hydrogen-bond acceptors (Lipinski definition) is 4. The zero-order valence-electron chi connectivity index (χ0n) is 11.2. The summed E-state index contributed by atoms with van der Waals surface area (Å²) in [6.07, 6.45) is 4.34. The summed E-state index contributed by atoms with van der Waals surface area (Å²) in [5.74, 6) is 0. The highest BCUT2D eigenvalue weighted by molar-refractivity contribution is 7.88. The summed E-state index contributed by atoms with van der Waals surface area (Å²) >= 11 is 0. The fourth-order valence-corrected chi connectivity index (χ4v) is 3.87. The first-order valence-electron chi connectivity index (χ1n) is 6.50. The molecule has 108 valence electrons. The summed E-state index contributed by atoms with van der Waals surface area (Å²) < 4.78 is 35.8. The van der Waals surface area contributed by atoms with Crippen LogP contribution in [0.1, 0.15) is 5.56 Å². The summed E-state index contributed by atoms with van der Waals surface area (Å²) in [6.45, 7) is 0.882. The van der Waals surface area contributed by atoms with Crippen molar-refractivity contribution in [1.82, 2.24) is 4.31 Å². The smallest absolute Gasteiger partial charge is 0.212 e. The third-order valence-electron chi connectivity index (χ3n) is 3.53. The average Bonchev–Trinajstić information content (AvgIpc) is 3.15. The predicted molar refractivity (Wildman–Crippen MR) is 74.4 cm³/mol. The minimum absolute atomic E-state index is 0.0657. The molecular weight excluding hydrogens is 278 g/mol. The van der Waals surface area contributed by atoms with E-state index in [9.17, 15) is 8.42 Å². The molecule has 1 aromatic rings. The van der Waals surface area contributed by atoms with Crippen molar-refractivity contribution in [2.45, 2.75) is 24.8 Å². The van der Waals surface area contributed by atoms with Gasteiger partial charge in [-0.25, -0.2) is 8.42 Å². The van der Waals surface area contributed by atoms with Crippen LogP contribution in [0.25, 0.3) is 0 Å². The van der Waals surface area contributed by atoms with Crippen molar-refractivity contribution >= 4 is 10.0 Å². The van der Waals surface area contributed by atoms with Crippen LogP contribution in [0.4, 0.5) is 0 Å². The molecule has 20 heavy (non-hydrogen) atoms. The van der Waals surface area contributed by atoms with Crippen LogP contribution in [-0.4, -0.2) is 43.8 Å². The fraction of sp³-hybridized carbons (Fsp3) is 0.429. The zero-order valence-corrected chi connectivity index (χ0v) is 12.0. The van der Waals surface area contributed by atoms with Crippen LogP contribution in [0.5, 0.6) is 0 Å². The minimum atomic E-state index is -3.18. The van der Waals surface area contributed by atoms with Gasteiger partial charge in [0.2, 0.25) is 10.0 Å². The number of ether oxygens (including phenoxy) is 2. The highest BCUT2D eigenvalue weighted by Crippen LogP contribution is 2.39. The lowest BCUT2D eigenvalue weighted by atomic mass is 10.2. The van der Waals surface area contributed by atoms with Gasteiger partial charge in [0.25, 0.3) is 0 Å². The van der Waals surface area contributed by atoms with E-state index in [2.05, 4.69) is 0 Å². The van der Waals surface area contributed by atoms with E-state index in [0.717, 1.165) is 5.56 Å². The van der Waals surface area contributed by atoms with Crippen LogP contribution in [0.2, 0.25) is 0 Å². The Morgan fingerprint density at radius 3 is 2.75 bits per heavy atom. The van der Waals surface area contributed by atoms with Crippen LogP contribution in [-0.2, 0) is 26.1 Å². The number of nitrogens with zero attached hydrogens (tertiary/aromatic N) is 1. The maximum atomic E-state index is 11.6. The molecule has 0 aliphatic carbocycles. The first kappa shape index (κ1) is 13.6. The van der Waals surface area contributed by atoms with E-state index in [1.165, 1.54) is 10.6 Å². The summed E-state index contributed by atoms with van der Waals surface area (Å²) in [5.41, 5.74) is 1.09. The highest BCUT2D eigenvalue weighted by Gasteiger charge is 2.58. The van der Waals surface area contributed by atoms with E-state index >= 15 is 0 Å². The van der Waals surface area contributed by atoms with Crippen LogP contribution >= 0.6 is 0 Å². The molecule has 2 heterocycles. The Kier molecular flexibility index (Phi) is 3.54. The Morgan fingerprint density at radius 1 is 1.30 bits per heavy atom. The molecule has 0 aromatic heterocycles. The number of fused-ring (bicyclic) bond motifs is 1. The van der Waals surface area contributed by atoms with Crippen molar-refractivity contribution in [1.29, 1.82) is 0 Å². The number of benzene rings is 1. The Morgan fingerprint density at radius 2 is 2.05 bits per heavy atom. The molecule has 5 nitrogen and oxygen atoms in total. The SMILES string of the molecule is CS(=O)(=O)N1[C@@H]2[C@@H](COCc3ccccc3)OC=C[C@@H]21. The first-order valence-corrected chi connectivity index (χ1v) is 8.34. The van der Waals surface area contributed by atoms with Gasteiger partial charge in [0.1, 0.15) is 6.10 Å². The monoisotopic (exact) mass is 295 g/mol. The maximum absolute atomic E-state index is 11.6. The summed E-state index contributed by atoms with van der Waals surface area (Å²) in [7, 11) is -3.18. The van der Waals surface area contributed by atoms with E-state index in [4.69, 9.17) is 9.47 Å². The molecule has 2 aliphatic rings. The van der Waals surface area contributed by atoms with Gasteiger partial charge in [-0.1, -0.05) is 30.3 Å². The van der Waals surface area contributed by atoms with Gasteiger partial charge >= 0.3 is 0 Å². The van der Waals surface area contributed by atoms with Crippen LogP contribution < -0.4 is 0 Å². The Labute approximate surface area is 118 Å². The molecule has 0 radical (unpaired) electrons. The number of sulfonamides is 1. The van der Waals surface area contributed by atoms with Gasteiger partial charge < -0.3 is 9.47 Å². The van der Waals surface area contributed by atoms with E-state index in [-0.39, 0.29) is 18.2 Å². The molecule has 0 bridgehead atoms. The third kappa shape index (κ3) is 2.72. The van der Waals surface area contributed by atoms with Gasteiger partial charge in [0.15, 0.2) is 0 Å². The summed E-state index contributed by atoms with van der Waals surface area (Å²) in [4.78, 5) is 0. The normalized spacial score (nSPS) is 31.4. The molecule has 0 spiro atoms. The van der Waals surface area contributed by atoms with E-state index < -0.39 is 10.0 Å². The molecule has 1 unspecified atom stereocenters. The van der Waals surface area contributed by atoms with Crippen molar-refractivity contribution in [2.75, 3.05) is 12.9 Å². The molecule has 0 N–H and O–H groups in total. The number of hydrogen-bond donors (Lipinski definition) is 0. The Balaban J connectivity index is 1.55. The molecule has 0 saturated carbocycles. The van der Waals surface area contributed by atoms with Crippen LogP contribution in [0.3, 0.4) is 0 Å². The van der Waals surface area contributed by atoms with Crippen molar-refractivity contribution < 1.29 is 17.9 Å². The molecule has 3 rings (SSSR count). The second-order valence-corrected chi connectivity index (χ2v) is 6.97. The van der Waals surface area contributed by atoms with Crippen molar-refractivity contribution in [3.63, 3.8) is 0 Å². The predicted octanol–water partition coefficient (Wildman–Crippen LogP) is 1.13. The van der Waals surface area contributed by atoms with E-state index in [1.54, 1.807) is 12.3 Å². The van der Waals surface area contributed by atoms with Gasteiger partial charge in [0, 0.05) is 0 Å². The lowest BCUT2D eigenvalue weighted by molar-refractivity contribution is 0.0133. The van der Waals surface area contributed by atoms with Gasteiger partial charge in [-0.15, -0.1) is 0 Å². The van der Waals surface area contributed by atoms with Gasteiger partial charge in [-0.2, -0.15) is 4.31 Å². The quantitative estimate of drug-likeness (QED) is 0.764. The Hall–Kier alpha value is -1.37. The lowest BCUT2D eigenvalue weighted by Crippen LogP contribution is -2.29. The molecular formula is C14H17NO4S. The molecule has 0 amide bonds. The van der Waals surface area contributed by atoms with Crippen LogP contribution in [0, 0.1) is 0 Å². The van der Waals surface area contributed by atoms with Gasteiger partial charge in [-0.05, 0) is 11.6 Å². The highest BCUT2D eigenvalue weighted by atomic mass is 32.2. The van der Waals surface area contributed by atoms with Gasteiger partial charge in [-0.3, -0.25) is 0 Å². The molecule has 1 aromatic carbocycles.